The molecule has 0 spiro atoms. The zero-order chi connectivity index (χ0) is 20.6. The van der Waals surface area contributed by atoms with Crippen molar-refractivity contribution in [3.05, 3.63) is 54.1 Å². The highest BCUT2D eigenvalue weighted by atomic mass is 32.2. The molecule has 0 aliphatic rings. The number of sulfonamides is 1. The molecule has 0 aliphatic heterocycles. The summed E-state index contributed by atoms with van der Waals surface area (Å²) >= 11 is 0. The van der Waals surface area contributed by atoms with Gasteiger partial charge in [0.15, 0.2) is 0 Å². The maximum atomic E-state index is 12.8. The Balaban J connectivity index is 1.99. The van der Waals surface area contributed by atoms with Crippen LogP contribution in [-0.4, -0.2) is 45.4 Å². The van der Waals surface area contributed by atoms with E-state index in [0.29, 0.717) is 18.9 Å². The van der Waals surface area contributed by atoms with E-state index in [-0.39, 0.29) is 23.9 Å². The van der Waals surface area contributed by atoms with Crippen molar-refractivity contribution in [1.82, 2.24) is 9.62 Å². The van der Waals surface area contributed by atoms with E-state index in [9.17, 15) is 13.2 Å². The SMILES string of the molecule is CCOc1ccc(S(=O)(=O)N(CC)CC(=O)NCc2ccc(OC)cc2)cc1. The number of methoxy groups -OCH3 is 1. The predicted octanol–water partition coefficient (Wildman–Crippen LogP) is 2.42. The van der Waals surface area contributed by atoms with Gasteiger partial charge in [0, 0.05) is 13.1 Å². The first kappa shape index (κ1) is 21.7. The normalized spacial score (nSPS) is 11.3. The number of carbonyl (C=O) groups excluding carboxylic acids is 1. The summed E-state index contributed by atoms with van der Waals surface area (Å²) in [5.41, 5.74) is 0.895. The van der Waals surface area contributed by atoms with Crippen molar-refractivity contribution < 1.29 is 22.7 Å². The third-order valence-electron chi connectivity index (χ3n) is 4.09. The average Bonchev–Trinajstić information content (AvgIpc) is 2.71. The number of hydrogen-bond donors (Lipinski definition) is 1. The van der Waals surface area contributed by atoms with Crippen molar-refractivity contribution >= 4 is 15.9 Å². The highest BCUT2D eigenvalue weighted by Crippen LogP contribution is 2.19. The summed E-state index contributed by atoms with van der Waals surface area (Å²) in [5, 5.41) is 2.74. The van der Waals surface area contributed by atoms with Crippen LogP contribution in [0.25, 0.3) is 0 Å². The molecule has 2 aromatic carbocycles. The van der Waals surface area contributed by atoms with Crippen LogP contribution >= 0.6 is 0 Å². The van der Waals surface area contributed by atoms with Gasteiger partial charge in [-0.2, -0.15) is 4.31 Å². The number of nitrogens with zero attached hydrogens (tertiary/aromatic N) is 1. The Bertz CT molecular complexity index is 864. The third-order valence-corrected chi connectivity index (χ3v) is 6.03. The smallest absolute Gasteiger partial charge is 0.243 e. The van der Waals surface area contributed by atoms with Crippen molar-refractivity contribution in [2.45, 2.75) is 25.3 Å². The van der Waals surface area contributed by atoms with Crippen molar-refractivity contribution in [2.75, 3.05) is 26.8 Å². The van der Waals surface area contributed by atoms with Gasteiger partial charge in [-0.15, -0.1) is 0 Å². The maximum Gasteiger partial charge on any atom is 0.243 e. The Morgan fingerprint density at radius 2 is 1.61 bits per heavy atom. The lowest BCUT2D eigenvalue weighted by atomic mass is 10.2. The highest BCUT2D eigenvalue weighted by molar-refractivity contribution is 7.89. The van der Waals surface area contributed by atoms with Gasteiger partial charge in [0.2, 0.25) is 15.9 Å². The van der Waals surface area contributed by atoms with Gasteiger partial charge in [-0.1, -0.05) is 19.1 Å². The molecular formula is C20H26N2O5S. The van der Waals surface area contributed by atoms with E-state index >= 15 is 0 Å². The van der Waals surface area contributed by atoms with Gasteiger partial charge >= 0.3 is 0 Å². The van der Waals surface area contributed by atoms with Crippen LogP contribution in [0.2, 0.25) is 0 Å². The van der Waals surface area contributed by atoms with E-state index < -0.39 is 10.0 Å². The molecule has 1 amide bonds. The fourth-order valence-electron chi connectivity index (χ4n) is 2.55. The fourth-order valence-corrected chi connectivity index (χ4v) is 3.96. The Labute approximate surface area is 166 Å². The molecule has 0 fully saturated rings. The summed E-state index contributed by atoms with van der Waals surface area (Å²) in [6.07, 6.45) is 0. The highest BCUT2D eigenvalue weighted by Gasteiger charge is 2.25. The number of ether oxygens (including phenoxy) is 2. The third kappa shape index (κ3) is 5.71. The molecule has 0 saturated heterocycles. The molecule has 2 aromatic rings. The van der Waals surface area contributed by atoms with Crippen LogP contribution in [0.1, 0.15) is 19.4 Å². The van der Waals surface area contributed by atoms with Crippen LogP contribution in [0.3, 0.4) is 0 Å². The van der Waals surface area contributed by atoms with Crippen molar-refractivity contribution in [3.8, 4) is 11.5 Å². The summed E-state index contributed by atoms with van der Waals surface area (Å²) in [6.45, 7) is 4.30. The summed E-state index contributed by atoms with van der Waals surface area (Å²) < 4.78 is 37.2. The number of rotatable bonds is 10. The minimum absolute atomic E-state index is 0.126. The van der Waals surface area contributed by atoms with Crippen LogP contribution in [-0.2, 0) is 21.4 Å². The van der Waals surface area contributed by atoms with Gasteiger partial charge in [-0.25, -0.2) is 8.42 Å². The summed E-state index contributed by atoms with van der Waals surface area (Å²) in [6, 6.07) is 13.5. The molecule has 0 radical (unpaired) electrons. The zero-order valence-electron chi connectivity index (χ0n) is 16.3. The molecule has 28 heavy (non-hydrogen) atoms. The molecule has 1 N–H and O–H groups in total. The van der Waals surface area contributed by atoms with E-state index in [4.69, 9.17) is 9.47 Å². The summed E-state index contributed by atoms with van der Waals surface area (Å²) in [4.78, 5) is 12.4. The van der Waals surface area contributed by atoms with Crippen molar-refractivity contribution in [2.24, 2.45) is 0 Å². The molecule has 0 atom stereocenters. The second-order valence-corrected chi connectivity index (χ2v) is 7.90. The Hall–Kier alpha value is -2.58. The lowest BCUT2D eigenvalue weighted by molar-refractivity contribution is -0.121. The Morgan fingerprint density at radius 3 is 2.14 bits per heavy atom. The minimum Gasteiger partial charge on any atom is -0.497 e. The summed E-state index contributed by atoms with van der Waals surface area (Å²) in [7, 11) is -2.19. The second-order valence-electron chi connectivity index (χ2n) is 5.96. The second kappa shape index (κ2) is 10.1. The molecule has 0 heterocycles. The van der Waals surface area contributed by atoms with E-state index in [1.165, 1.54) is 12.1 Å². The molecular weight excluding hydrogens is 380 g/mol. The topological polar surface area (TPSA) is 84.9 Å². The quantitative estimate of drug-likeness (QED) is 0.655. The van der Waals surface area contributed by atoms with Gasteiger partial charge in [0.05, 0.1) is 25.2 Å². The van der Waals surface area contributed by atoms with Crippen LogP contribution in [0.4, 0.5) is 0 Å². The number of carbonyl (C=O) groups is 1. The average molecular weight is 407 g/mol. The lowest BCUT2D eigenvalue weighted by Gasteiger charge is -2.20. The number of amides is 1. The van der Waals surface area contributed by atoms with Crippen LogP contribution < -0.4 is 14.8 Å². The first-order chi connectivity index (χ1) is 13.4. The van der Waals surface area contributed by atoms with E-state index in [1.807, 2.05) is 19.1 Å². The minimum atomic E-state index is -3.77. The molecule has 8 heteroatoms. The zero-order valence-corrected chi connectivity index (χ0v) is 17.2. The molecule has 0 aliphatic carbocycles. The van der Waals surface area contributed by atoms with Gasteiger partial charge in [0.1, 0.15) is 11.5 Å². The molecule has 0 saturated carbocycles. The van der Waals surface area contributed by atoms with Gasteiger partial charge < -0.3 is 14.8 Å². The predicted molar refractivity (Wildman–Crippen MR) is 107 cm³/mol. The number of benzene rings is 2. The molecule has 152 valence electrons. The van der Waals surface area contributed by atoms with Gasteiger partial charge in [0.25, 0.3) is 0 Å². The van der Waals surface area contributed by atoms with Crippen LogP contribution in [0.5, 0.6) is 11.5 Å². The lowest BCUT2D eigenvalue weighted by Crippen LogP contribution is -2.40. The van der Waals surface area contributed by atoms with E-state index in [0.717, 1.165) is 15.6 Å². The molecule has 0 unspecified atom stereocenters. The van der Waals surface area contributed by atoms with Crippen molar-refractivity contribution in [3.63, 3.8) is 0 Å². The van der Waals surface area contributed by atoms with Crippen LogP contribution in [0, 0.1) is 0 Å². The Kier molecular flexibility index (Phi) is 7.83. The van der Waals surface area contributed by atoms with E-state index in [2.05, 4.69) is 5.32 Å². The number of hydrogen-bond acceptors (Lipinski definition) is 5. The number of nitrogens with one attached hydrogen (secondary N) is 1. The van der Waals surface area contributed by atoms with Crippen molar-refractivity contribution in [1.29, 1.82) is 0 Å². The largest absolute Gasteiger partial charge is 0.497 e. The monoisotopic (exact) mass is 406 g/mol. The van der Waals surface area contributed by atoms with Gasteiger partial charge in [-0.3, -0.25) is 4.79 Å². The number of likely N-dealkylation sites (N-methyl/N-ethyl adjacent to an activating group) is 1. The first-order valence-corrected chi connectivity index (χ1v) is 10.5. The molecule has 2 rings (SSSR count). The fraction of sp³-hybridized carbons (Fsp3) is 0.350. The standard InChI is InChI=1S/C20H26N2O5S/c1-4-22(28(24,25)19-12-10-18(11-13-19)27-5-2)15-20(23)21-14-16-6-8-17(26-3)9-7-16/h6-13H,4-5,14-15H2,1-3H3,(H,21,23). The summed E-state index contributed by atoms with van der Waals surface area (Å²) in [5.74, 6) is 0.961. The first-order valence-electron chi connectivity index (χ1n) is 9.03. The van der Waals surface area contributed by atoms with Gasteiger partial charge in [-0.05, 0) is 48.9 Å². The molecule has 0 bridgehead atoms. The van der Waals surface area contributed by atoms with E-state index in [1.54, 1.807) is 38.3 Å². The van der Waals surface area contributed by atoms with Crippen LogP contribution in [0.15, 0.2) is 53.4 Å². The molecule has 7 nitrogen and oxygen atoms in total. The maximum absolute atomic E-state index is 12.8. The Morgan fingerprint density at radius 1 is 1.00 bits per heavy atom. The molecule has 0 aromatic heterocycles.